The number of hydrogen-bond acceptors (Lipinski definition) is 3. The second-order valence-electron chi connectivity index (χ2n) is 6.89. The first-order valence-corrected chi connectivity index (χ1v) is 10.2. The molecule has 0 amide bonds. The second kappa shape index (κ2) is 16.6. The molecule has 0 aromatic heterocycles. The Morgan fingerprint density at radius 2 is 1.82 bits per heavy atom. The van der Waals surface area contributed by atoms with Crippen molar-refractivity contribution >= 4 is 5.71 Å². The van der Waals surface area contributed by atoms with Crippen LogP contribution in [0.15, 0.2) is 24.3 Å². The number of alkyl halides is 1. The Balaban J connectivity index is 0. The van der Waals surface area contributed by atoms with E-state index in [0.717, 1.165) is 30.7 Å². The minimum atomic E-state index is -0.378. The molecule has 0 saturated carbocycles. The summed E-state index contributed by atoms with van der Waals surface area (Å²) in [5.74, 6) is 0.248. The van der Waals surface area contributed by atoms with E-state index in [9.17, 15) is 8.78 Å². The van der Waals surface area contributed by atoms with Gasteiger partial charge in [-0.05, 0) is 30.4 Å². The molecule has 1 aromatic carbocycles. The first-order chi connectivity index (χ1) is 13.3. The van der Waals surface area contributed by atoms with Crippen LogP contribution in [0.25, 0.3) is 0 Å². The number of nitrogens with one attached hydrogen (secondary N) is 1. The van der Waals surface area contributed by atoms with E-state index >= 15 is 0 Å². The third kappa shape index (κ3) is 11.5. The monoisotopic (exact) mass is 401 g/mol. The molecule has 2 rings (SSSR count). The minimum absolute atomic E-state index is 0.0191. The van der Waals surface area contributed by atoms with Gasteiger partial charge < -0.3 is 14.9 Å². The lowest BCUT2D eigenvalue weighted by Crippen LogP contribution is -2.28. The first-order valence-electron chi connectivity index (χ1n) is 10.2. The van der Waals surface area contributed by atoms with Crippen molar-refractivity contribution in [2.24, 2.45) is 5.41 Å². The molecule has 1 fully saturated rings. The number of benzene rings is 1. The molecule has 0 spiro atoms. The molecule has 1 unspecified atom stereocenters. The maximum atomic E-state index is 13.0. The largest absolute Gasteiger partial charge is 0.382 e. The van der Waals surface area contributed by atoms with Gasteiger partial charge in [-0.3, -0.25) is 0 Å². The average molecular weight is 402 g/mol. The smallest absolute Gasteiger partial charge is 0.126 e. The highest BCUT2D eigenvalue weighted by atomic mass is 19.1. The zero-order valence-electron chi connectivity index (χ0n) is 19.1. The molecule has 1 aliphatic heterocycles. The summed E-state index contributed by atoms with van der Waals surface area (Å²) in [7, 11) is 1.47. The normalized spacial score (nSPS) is 15.6. The Bertz CT molecular complexity index is 515. The highest BCUT2D eigenvalue weighted by Crippen LogP contribution is 2.33. The molecule has 2 atom stereocenters. The van der Waals surface area contributed by atoms with Crippen LogP contribution in [0.2, 0.25) is 0 Å². The van der Waals surface area contributed by atoms with Gasteiger partial charge in [0.1, 0.15) is 12.5 Å². The lowest BCUT2D eigenvalue weighted by molar-refractivity contribution is 0.175. The van der Waals surface area contributed by atoms with Crippen molar-refractivity contribution in [1.29, 1.82) is 5.41 Å². The Kier molecular flexibility index (Phi) is 17.1. The van der Waals surface area contributed by atoms with Crippen LogP contribution in [0, 0.1) is 16.6 Å². The fraction of sp³-hybridized carbons (Fsp3) is 0.696. The predicted molar refractivity (Wildman–Crippen MR) is 116 cm³/mol. The Morgan fingerprint density at radius 3 is 2.14 bits per heavy atom. The summed E-state index contributed by atoms with van der Waals surface area (Å²) in [5, 5.41) is 7.63. The second-order valence-corrected chi connectivity index (χ2v) is 6.89. The van der Waals surface area contributed by atoms with Crippen LogP contribution in [0.3, 0.4) is 0 Å². The molecule has 1 aliphatic rings. The van der Waals surface area contributed by atoms with Crippen molar-refractivity contribution in [2.45, 2.75) is 73.3 Å². The van der Waals surface area contributed by atoms with E-state index < -0.39 is 0 Å². The fourth-order valence-electron chi connectivity index (χ4n) is 2.29. The van der Waals surface area contributed by atoms with Crippen molar-refractivity contribution in [3.8, 4) is 0 Å². The van der Waals surface area contributed by atoms with Gasteiger partial charge in [0, 0.05) is 18.2 Å². The summed E-state index contributed by atoms with van der Waals surface area (Å²) >= 11 is 0. The first kappa shape index (κ1) is 28.9. The van der Waals surface area contributed by atoms with Gasteiger partial charge in [0.2, 0.25) is 0 Å². The van der Waals surface area contributed by atoms with Crippen LogP contribution in [0.4, 0.5) is 8.78 Å². The van der Waals surface area contributed by atoms with Gasteiger partial charge in [-0.15, -0.1) is 0 Å². The fourth-order valence-corrected chi connectivity index (χ4v) is 2.29. The third-order valence-corrected chi connectivity index (χ3v) is 4.60. The molecule has 1 N–H and O–H groups in total. The van der Waals surface area contributed by atoms with Gasteiger partial charge >= 0.3 is 0 Å². The van der Waals surface area contributed by atoms with Crippen molar-refractivity contribution in [3.05, 3.63) is 35.6 Å². The van der Waals surface area contributed by atoms with Gasteiger partial charge in [-0.1, -0.05) is 66.7 Å². The lowest BCUT2D eigenvalue weighted by atomic mass is 9.83. The molecule has 28 heavy (non-hydrogen) atoms. The van der Waals surface area contributed by atoms with Crippen molar-refractivity contribution in [2.75, 3.05) is 27.0 Å². The summed E-state index contributed by atoms with van der Waals surface area (Å²) in [6.45, 7) is 15.0. The quantitative estimate of drug-likeness (QED) is 0.403. The average Bonchev–Trinajstić information content (AvgIpc) is 3.56. The molecule has 5 heteroatoms. The number of epoxide rings is 1. The summed E-state index contributed by atoms with van der Waals surface area (Å²) < 4.78 is 33.4. The standard InChI is InChI=1S/C10H13F.C8H15NO.C3H7FO.C2H6/c1-3-8(2)9-6-4-5-7-10(9)11;1-4-6(9)8(2,3)7-5-10-7;1-5-3-2-4;1-2/h4-8H,3H2,1-2H3;7,9H,4-5H2,1-3H3;2-3H2,1H3;1-2H3/t8-;;;/m0.../s1. The Hall–Kier alpha value is -1.33. The van der Waals surface area contributed by atoms with E-state index in [0.29, 0.717) is 12.0 Å². The van der Waals surface area contributed by atoms with Crippen LogP contribution in [-0.4, -0.2) is 38.8 Å². The SMILES string of the molecule is CC.CCC(=N)C(C)(C)C1CO1.CC[C@H](C)c1ccccc1F.COCCF. The topological polar surface area (TPSA) is 45.6 Å². The van der Waals surface area contributed by atoms with E-state index in [-0.39, 0.29) is 24.5 Å². The molecular weight excluding hydrogens is 360 g/mol. The number of ether oxygens (including phenoxy) is 2. The van der Waals surface area contributed by atoms with E-state index in [1.807, 2.05) is 39.8 Å². The number of rotatable bonds is 7. The minimum Gasteiger partial charge on any atom is -0.382 e. The predicted octanol–water partition coefficient (Wildman–Crippen LogP) is 6.81. The molecule has 1 saturated heterocycles. The van der Waals surface area contributed by atoms with Gasteiger partial charge in [0.25, 0.3) is 0 Å². The molecule has 1 heterocycles. The number of methoxy groups -OCH3 is 1. The van der Waals surface area contributed by atoms with Crippen molar-refractivity contribution < 1.29 is 18.3 Å². The highest BCUT2D eigenvalue weighted by Gasteiger charge is 2.41. The van der Waals surface area contributed by atoms with Crippen LogP contribution >= 0.6 is 0 Å². The molecule has 0 bridgehead atoms. The van der Waals surface area contributed by atoms with E-state index in [1.165, 1.54) is 13.2 Å². The van der Waals surface area contributed by atoms with Gasteiger partial charge in [0.05, 0.1) is 19.3 Å². The molecule has 164 valence electrons. The van der Waals surface area contributed by atoms with Crippen LogP contribution in [0.5, 0.6) is 0 Å². The van der Waals surface area contributed by atoms with Gasteiger partial charge in [-0.2, -0.15) is 0 Å². The summed E-state index contributed by atoms with van der Waals surface area (Å²) in [6, 6.07) is 6.97. The molecule has 3 nitrogen and oxygen atoms in total. The molecular formula is C23H41F2NO2. The van der Waals surface area contributed by atoms with E-state index in [4.69, 9.17) is 10.1 Å². The summed E-state index contributed by atoms with van der Waals surface area (Å²) in [4.78, 5) is 0. The maximum absolute atomic E-state index is 13.0. The van der Waals surface area contributed by atoms with E-state index in [2.05, 4.69) is 25.5 Å². The number of hydrogen-bond donors (Lipinski definition) is 1. The number of halogens is 2. The zero-order chi connectivity index (χ0) is 22.2. The lowest BCUT2D eigenvalue weighted by Gasteiger charge is -2.22. The van der Waals surface area contributed by atoms with Gasteiger partial charge in [0.15, 0.2) is 0 Å². The summed E-state index contributed by atoms with van der Waals surface area (Å²) in [6.07, 6.45) is 2.15. The molecule has 0 aliphatic carbocycles. The third-order valence-electron chi connectivity index (χ3n) is 4.60. The van der Waals surface area contributed by atoms with Crippen molar-refractivity contribution in [3.63, 3.8) is 0 Å². The van der Waals surface area contributed by atoms with Crippen LogP contribution in [0.1, 0.15) is 72.8 Å². The Labute approximate surface area is 171 Å². The van der Waals surface area contributed by atoms with E-state index in [1.54, 1.807) is 6.07 Å². The summed E-state index contributed by atoms with van der Waals surface area (Å²) in [5.41, 5.74) is 1.61. The van der Waals surface area contributed by atoms with Crippen LogP contribution < -0.4 is 0 Å². The van der Waals surface area contributed by atoms with Crippen molar-refractivity contribution in [1.82, 2.24) is 0 Å². The zero-order valence-corrected chi connectivity index (χ0v) is 19.1. The Morgan fingerprint density at radius 1 is 1.29 bits per heavy atom. The molecule has 0 radical (unpaired) electrons. The highest BCUT2D eigenvalue weighted by molar-refractivity contribution is 5.87. The maximum Gasteiger partial charge on any atom is 0.126 e. The van der Waals surface area contributed by atoms with Gasteiger partial charge in [-0.25, -0.2) is 8.78 Å². The molecule has 1 aromatic rings. The van der Waals surface area contributed by atoms with Crippen LogP contribution in [-0.2, 0) is 9.47 Å².